The Hall–Kier alpha value is -1.71. The fourth-order valence-corrected chi connectivity index (χ4v) is 1.29. The summed E-state index contributed by atoms with van der Waals surface area (Å²) in [5, 5.41) is 12.1. The molecule has 1 atom stereocenters. The molecule has 1 rings (SSSR count). The minimum absolute atomic E-state index is 0.162. The molecule has 1 aromatic carbocycles. The molecule has 0 aliphatic heterocycles. The van der Waals surface area contributed by atoms with E-state index in [1.165, 1.54) is 0 Å². The summed E-state index contributed by atoms with van der Waals surface area (Å²) in [5.41, 5.74) is 0.638. The molecule has 0 saturated carbocycles. The fourth-order valence-electron chi connectivity index (χ4n) is 1.29. The number of nitrogens with one attached hydrogen (secondary N) is 1. The van der Waals surface area contributed by atoms with E-state index in [9.17, 15) is 9.90 Å². The van der Waals surface area contributed by atoms with Crippen molar-refractivity contribution in [1.29, 1.82) is 0 Å². The van der Waals surface area contributed by atoms with E-state index in [1.54, 1.807) is 32.0 Å². The van der Waals surface area contributed by atoms with Crippen molar-refractivity contribution in [3.05, 3.63) is 23.8 Å². The molecule has 0 heterocycles. The fraction of sp³-hybridized carbons (Fsp3) is 0.417. The molecule has 4 heteroatoms. The predicted octanol–water partition coefficient (Wildman–Crippen LogP) is 1.60. The standard InChI is InChI=1S/C12H17NO3/c1-4-13-12(15)9(3)16-11-7-5-6-10(14)8(11)2/h5-7,9,14H,4H2,1-3H3,(H,13,15). The Labute approximate surface area is 95.2 Å². The van der Waals surface area contributed by atoms with Gasteiger partial charge in [0.05, 0.1) is 0 Å². The lowest BCUT2D eigenvalue weighted by Crippen LogP contribution is -2.36. The van der Waals surface area contributed by atoms with Crippen molar-refractivity contribution < 1.29 is 14.6 Å². The molecule has 1 unspecified atom stereocenters. The first kappa shape index (κ1) is 12.4. The smallest absolute Gasteiger partial charge is 0.260 e. The summed E-state index contributed by atoms with van der Waals surface area (Å²) in [6.07, 6.45) is -0.569. The van der Waals surface area contributed by atoms with Crippen LogP contribution < -0.4 is 10.1 Å². The molecule has 1 amide bonds. The van der Waals surface area contributed by atoms with Crippen LogP contribution in [0.4, 0.5) is 0 Å². The third-order valence-corrected chi connectivity index (χ3v) is 2.28. The number of aromatic hydroxyl groups is 1. The Morgan fingerprint density at radius 1 is 1.56 bits per heavy atom. The Kier molecular flexibility index (Phi) is 4.17. The van der Waals surface area contributed by atoms with Gasteiger partial charge in [-0.1, -0.05) is 6.07 Å². The zero-order valence-electron chi connectivity index (χ0n) is 9.78. The van der Waals surface area contributed by atoms with Gasteiger partial charge in [0.1, 0.15) is 11.5 Å². The van der Waals surface area contributed by atoms with Crippen molar-refractivity contribution in [3.8, 4) is 11.5 Å². The molecule has 0 aromatic heterocycles. The van der Waals surface area contributed by atoms with Gasteiger partial charge in [-0.2, -0.15) is 0 Å². The van der Waals surface area contributed by atoms with Crippen molar-refractivity contribution in [1.82, 2.24) is 5.32 Å². The lowest BCUT2D eigenvalue weighted by atomic mass is 10.2. The molecule has 0 radical (unpaired) electrons. The second-order valence-corrected chi connectivity index (χ2v) is 3.55. The Morgan fingerprint density at radius 3 is 2.88 bits per heavy atom. The van der Waals surface area contributed by atoms with Gasteiger partial charge < -0.3 is 15.2 Å². The van der Waals surface area contributed by atoms with Gasteiger partial charge >= 0.3 is 0 Å². The average Bonchev–Trinajstić information content (AvgIpc) is 2.25. The van der Waals surface area contributed by atoms with Gasteiger partial charge in [-0.05, 0) is 32.9 Å². The lowest BCUT2D eigenvalue weighted by molar-refractivity contribution is -0.127. The molecule has 0 saturated heterocycles. The number of carbonyl (C=O) groups excluding carboxylic acids is 1. The summed E-state index contributed by atoms with van der Waals surface area (Å²) in [6, 6.07) is 4.99. The molecule has 4 nitrogen and oxygen atoms in total. The van der Waals surface area contributed by atoms with Crippen LogP contribution in [0.5, 0.6) is 11.5 Å². The van der Waals surface area contributed by atoms with E-state index in [4.69, 9.17) is 4.74 Å². The first-order chi connectivity index (χ1) is 7.56. The predicted molar refractivity (Wildman–Crippen MR) is 61.6 cm³/mol. The zero-order chi connectivity index (χ0) is 12.1. The highest BCUT2D eigenvalue weighted by Crippen LogP contribution is 2.26. The summed E-state index contributed by atoms with van der Waals surface area (Å²) < 4.78 is 5.47. The second-order valence-electron chi connectivity index (χ2n) is 3.55. The highest BCUT2D eigenvalue weighted by atomic mass is 16.5. The van der Waals surface area contributed by atoms with E-state index in [1.807, 2.05) is 6.92 Å². The van der Waals surface area contributed by atoms with Crippen molar-refractivity contribution >= 4 is 5.91 Å². The SMILES string of the molecule is CCNC(=O)C(C)Oc1cccc(O)c1C. The van der Waals surface area contributed by atoms with Gasteiger partial charge in [0.2, 0.25) is 0 Å². The van der Waals surface area contributed by atoms with Crippen LogP contribution in [0.25, 0.3) is 0 Å². The van der Waals surface area contributed by atoms with Crippen molar-refractivity contribution in [2.24, 2.45) is 0 Å². The molecule has 2 N–H and O–H groups in total. The van der Waals surface area contributed by atoms with Crippen LogP contribution in [0.3, 0.4) is 0 Å². The van der Waals surface area contributed by atoms with Crippen molar-refractivity contribution in [2.75, 3.05) is 6.54 Å². The van der Waals surface area contributed by atoms with Gasteiger partial charge in [-0.25, -0.2) is 0 Å². The molecule has 88 valence electrons. The number of likely N-dealkylation sites (N-methyl/N-ethyl adjacent to an activating group) is 1. The molecule has 0 spiro atoms. The van der Waals surface area contributed by atoms with Crippen molar-refractivity contribution in [3.63, 3.8) is 0 Å². The molecule has 16 heavy (non-hydrogen) atoms. The van der Waals surface area contributed by atoms with E-state index in [2.05, 4.69) is 5.32 Å². The minimum Gasteiger partial charge on any atom is -0.508 e. The first-order valence-corrected chi connectivity index (χ1v) is 5.29. The largest absolute Gasteiger partial charge is 0.508 e. The maximum absolute atomic E-state index is 11.4. The highest BCUT2D eigenvalue weighted by molar-refractivity contribution is 5.80. The highest BCUT2D eigenvalue weighted by Gasteiger charge is 2.15. The monoisotopic (exact) mass is 223 g/mol. The van der Waals surface area contributed by atoms with Crippen LogP contribution in [0, 0.1) is 6.92 Å². The summed E-state index contributed by atoms with van der Waals surface area (Å²) in [7, 11) is 0. The number of hydrogen-bond donors (Lipinski definition) is 2. The molecule has 0 bridgehead atoms. The third-order valence-electron chi connectivity index (χ3n) is 2.28. The molecular formula is C12H17NO3. The Bertz CT molecular complexity index is 377. The summed E-state index contributed by atoms with van der Waals surface area (Å²) in [5.74, 6) is 0.532. The topological polar surface area (TPSA) is 58.6 Å². The normalized spacial score (nSPS) is 11.9. The minimum atomic E-state index is -0.569. The molecule has 1 aromatic rings. The first-order valence-electron chi connectivity index (χ1n) is 5.29. The van der Waals surface area contributed by atoms with Gasteiger partial charge in [-0.3, -0.25) is 4.79 Å². The number of phenols is 1. The van der Waals surface area contributed by atoms with Gasteiger partial charge in [0.15, 0.2) is 6.10 Å². The summed E-state index contributed by atoms with van der Waals surface area (Å²) in [4.78, 5) is 11.4. The number of hydrogen-bond acceptors (Lipinski definition) is 3. The van der Waals surface area contributed by atoms with E-state index >= 15 is 0 Å². The lowest BCUT2D eigenvalue weighted by Gasteiger charge is -2.16. The number of amides is 1. The quantitative estimate of drug-likeness (QED) is 0.815. The molecule has 0 fully saturated rings. The maximum Gasteiger partial charge on any atom is 0.260 e. The van der Waals surface area contributed by atoms with Crippen LogP contribution in [0.15, 0.2) is 18.2 Å². The summed E-state index contributed by atoms with van der Waals surface area (Å²) in [6.45, 7) is 5.85. The number of ether oxygens (including phenoxy) is 1. The average molecular weight is 223 g/mol. The van der Waals surface area contributed by atoms with E-state index in [0.717, 1.165) is 0 Å². The molecule has 0 aliphatic carbocycles. The molecule has 0 aliphatic rings. The van der Waals surface area contributed by atoms with Gasteiger partial charge in [0, 0.05) is 12.1 Å². The van der Waals surface area contributed by atoms with Gasteiger partial charge in [0.25, 0.3) is 5.91 Å². The Balaban J connectivity index is 2.73. The van der Waals surface area contributed by atoms with E-state index < -0.39 is 6.10 Å². The summed E-state index contributed by atoms with van der Waals surface area (Å²) >= 11 is 0. The van der Waals surface area contributed by atoms with Crippen LogP contribution in [0.2, 0.25) is 0 Å². The maximum atomic E-state index is 11.4. The van der Waals surface area contributed by atoms with Crippen LogP contribution in [0.1, 0.15) is 19.4 Å². The number of benzene rings is 1. The Morgan fingerprint density at radius 2 is 2.25 bits per heavy atom. The number of carbonyl (C=O) groups is 1. The van der Waals surface area contributed by atoms with Crippen LogP contribution in [-0.2, 0) is 4.79 Å². The second kappa shape index (κ2) is 5.39. The number of phenolic OH excluding ortho intramolecular Hbond substituents is 1. The van der Waals surface area contributed by atoms with Crippen molar-refractivity contribution in [2.45, 2.75) is 26.9 Å². The third kappa shape index (κ3) is 2.89. The van der Waals surface area contributed by atoms with E-state index in [-0.39, 0.29) is 11.7 Å². The van der Waals surface area contributed by atoms with E-state index in [0.29, 0.717) is 17.9 Å². The van der Waals surface area contributed by atoms with Gasteiger partial charge in [-0.15, -0.1) is 0 Å². The van der Waals surface area contributed by atoms with Crippen LogP contribution in [-0.4, -0.2) is 23.7 Å². The number of rotatable bonds is 4. The molecular weight excluding hydrogens is 206 g/mol. The van der Waals surface area contributed by atoms with Crippen LogP contribution >= 0.6 is 0 Å². The zero-order valence-corrected chi connectivity index (χ0v) is 9.78.